The molecule has 122 valence electrons. The van der Waals surface area contributed by atoms with Gasteiger partial charge in [0.05, 0.1) is 12.0 Å². The van der Waals surface area contributed by atoms with Crippen molar-refractivity contribution in [1.82, 2.24) is 5.32 Å². The van der Waals surface area contributed by atoms with Crippen LogP contribution in [0.25, 0.3) is 0 Å². The highest BCUT2D eigenvalue weighted by atomic mass is 35.5. The Hall–Kier alpha value is -2.11. The van der Waals surface area contributed by atoms with Crippen LogP contribution in [0.3, 0.4) is 0 Å². The maximum atomic E-state index is 10.9. The van der Waals surface area contributed by atoms with Crippen LogP contribution in [0.2, 0.25) is 5.02 Å². The highest BCUT2D eigenvalue weighted by Gasteiger charge is 2.13. The molecule has 0 bridgehead atoms. The van der Waals surface area contributed by atoms with Crippen molar-refractivity contribution >= 4 is 17.3 Å². The molecule has 0 aromatic heterocycles. The Morgan fingerprint density at radius 2 is 1.96 bits per heavy atom. The van der Waals surface area contributed by atoms with Crippen molar-refractivity contribution in [2.45, 2.75) is 25.9 Å². The number of hydrogen-bond acceptors (Lipinski definition) is 4. The number of ether oxygens (including phenoxy) is 1. The smallest absolute Gasteiger partial charge is 0.269 e. The Labute approximate surface area is 140 Å². The van der Waals surface area contributed by atoms with E-state index in [9.17, 15) is 10.1 Å². The Morgan fingerprint density at radius 3 is 2.52 bits per heavy atom. The molecular formula is C17H19ClN2O3. The van der Waals surface area contributed by atoms with E-state index in [1.54, 1.807) is 13.2 Å². The zero-order chi connectivity index (χ0) is 16.8. The largest absolute Gasteiger partial charge is 0.497 e. The molecule has 0 saturated carbocycles. The van der Waals surface area contributed by atoms with Gasteiger partial charge in [-0.3, -0.25) is 10.1 Å². The molecule has 2 aromatic carbocycles. The molecule has 0 saturated heterocycles. The molecule has 0 aliphatic carbocycles. The third kappa shape index (κ3) is 4.43. The Balaban J connectivity index is 2.10. The van der Waals surface area contributed by atoms with Gasteiger partial charge in [0.1, 0.15) is 5.75 Å². The van der Waals surface area contributed by atoms with E-state index in [1.165, 1.54) is 12.1 Å². The van der Waals surface area contributed by atoms with Gasteiger partial charge in [0.15, 0.2) is 0 Å². The van der Waals surface area contributed by atoms with Gasteiger partial charge in [0, 0.05) is 29.7 Å². The molecule has 0 spiro atoms. The maximum absolute atomic E-state index is 10.9. The zero-order valence-electron chi connectivity index (χ0n) is 13.1. The molecule has 0 heterocycles. The lowest BCUT2D eigenvalue weighted by molar-refractivity contribution is -0.384. The lowest BCUT2D eigenvalue weighted by atomic mass is 10.0. The first-order valence-corrected chi connectivity index (χ1v) is 7.73. The predicted molar refractivity (Wildman–Crippen MR) is 91.0 cm³/mol. The van der Waals surface area contributed by atoms with E-state index in [-0.39, 0.29) is 11.7 Å². The molecule has 23 heavy (non-hydrogen) atoms. The van der Waals surface area contributed by atoms with Crippen LogP contribution >= 0.6 is 11.6 Å². The minimum Gasteiger partial charge on any atom is -0.497 e. The quantitative estimate of drug-likeness (QED) is 0.598. The van der Waals surface area contributed by atoms with Crippen molar-refractivity contribution < 1.29 is 9.66 Å². The number of non-ortho nitro benzene ring substituents is 1. The number of benzene rings is 2. The molecule has 0 aliphatic heterocycles. The molecular weight excluding hydrogens is 316 g/mol. The van der Waals surface area contributed by atoms with E-state index in [0.29, 0.717) is 17.1 Å². The second kappa shape index (κ2) is 7.94. The van der Waals surface area contributed by atoms with Crippen LogP contribution in [0, 0.1) is 10.1 Å². The number of nitro benzene ring substituents is 1. The van der Waals surface area contributed by atoms with Crippen molar-refractivity contribution in [3.05, 3.63) is 68.7 Å². The standard InChI is InChI=1S/C17H19ClN2O3/c1-3-17(12-4-7-15(23-2)8-5-12)19-11-13-10-14(20(21)22)6-9-16(13)18/h4-10,17,19H,3,11H2,1-2H3. The SMILES string of the molecule is CCC(NCc1cc([N+](=O)[O-])ccc1Cl)c1ccc(OC)cc1. The summed E-state index contributed by atoms with van der Waals surface area (Å²) in [6.45, 7) is 2.54. The summed E-state index contributed by atoms with van der Waals surface area (Å²) in [5, 5.41) is 14.8. The van der Waals surface area contributed by atoms with Gasteiger partial charge in [-0.2, -0.15) is 0 Å². The van der Waals surface area contributed by atoms with Crippen LogP contribution in [0.1, 0.15) is 30.5 Å². The van der Waals surface area contributed by atoms with E-state index >= 15 is 0 Å². The number of nitro groups is 1. The second-order valence-corrected chi connectivity index (χ2v) is 5.55. The lowest BCUT2D eigenvalue weighted by Crippen LogP contribution is -2.20. The summed E-state index contributed by atoms with van der Waals surface area (Å²) >= 11 is 6.13. The summed E-state index contributed by atoms with van der Waals surface area (Å²) in [7, 11) is 1.63. The first-order chi connectivity index (χ1) is 11.0. The fraction of sp³-hybridized carbons (Fsp3) is 0.294. The molecule has 5 nitrogen and oxygen atoms in total. The Morgan fingerprint density at radius 1 is 1.26 bits per heavy atom. The summed E-state index contributed by atoms with van der Waals surface area (Å²) in [6, 6.07) is 12.5. The predicted octanol–water partition coefficient (Wildman–Crippen LogP) is 4.50. The number of halogens is 1. The van der Waals surface area contributed by atoms with Crippen LogP contribution < -0.4 is 10.1 Å². The lowest BCUT2D eigenvalue weighted by Gasteiger charge is -2.18. The van der Waals surface area contributed by atoms with Gasteiger partial charge >= 0.3 is 0 Å². The molecule has 0 radical (unpaired) electrons. The number of hydrogen-bond donors (Lipinski definition) is 1. The summed E-state index contributed by atoms with van der Waals surface area (Å²) in [4.78, 5) is 10.5. The average molecular weight is 335 g/mol. The summed E-state index contributed by atoms with van der Waals surface area (Å²) in [6.07, 6.45) is 0.888. The topological polar surface area (TPSA) is 64.4 Å². The van der Waals surface area contributed by atoms with Gasteiger partial charge < -0.3 is 10.1 Å². The van der Waals surface area contributed by atoms with Crippen LogP contribution in [-0.2, 0) is 6.54 Å². The third-order valence-electron chi connectivity index (χ3n) is 3.71. The molecule has 2 rings (SSSR count). The molecule has 0 aliphatic rings. The summed E-state index contributed by atoms with van der Waals surface area (Å²) in [5.74, 6) is 0.810. The van der Waals surface area contributed by atoms with E-state index in [4.69, 9.17) is 16.3 Å². The van der Waals surface area contributed by atoms with Crippen molar-refractivity contribution in [3.63, 3.8) is 0 Å². The van der Waals surface area contributed by atoms with E-state index < -0.39 is 4.92 Å². The monoisotopic (exact) mass is 334 g/mol. The number of rotatable bonds is 7. The van der Waals surface area contributed by atoms with Crippen LogP contribution in [0.15, 0.2) is 42.5 Å². The highest BCUT2D eigenvalue weighted by molar-refractivity contribution is 6.31. The van der Waals surface area contributed by atoms with Crippen LogP contribution in [0.5, 0.6) is 5.75 Å². The number of methoxy groups -OCH3 is 1. The van der Waals surface area contributed by atoms with Gasteiger partial charge in [0.25, 0.3) is 5.69 Å². The maximum Gasteiger partial charge on any atom is 0.269 e. The molecule has 1 atom stereocenters. The molecule has 1 unspecified atom stereocenters. The second-order valence-electron chi connectivity index (χ2n) is 5.15. The highest BCUT2D eigenvalue weighted by Crippen LogP contribution is 2.24. The third-order valence-corrected chi connectivity index (χ3v) is 4.07. The molecule has 1 N–H and O–H groups in total. The van der Waals surface area contributed by atoms with Gasteiger partial charge in [-0.15, -0.1) is 0 Å². The van der Waals surface area contributed by atoms with Crippen molar-refractivity contribution in [2.24, 2.45) is 0 Å². The molecule has 2 aromatic rings. The minimum atomic E-state index is -0.416. The van der Waals surface area contributed by atoms with Gasteiger partial charge in [-0.1, -0.05) is 30.7 Å². The van der Waals surface area contributed by atoms with Gasteiger partial charge in [0.2, 0.25) is 0 Å². The fourth-order valence-corrected chi connectivity index (χ4v) is 2.56. The van der Waals surface area contributed by atoms with Gasteiger partial charge in [-0.25, -0.2) is 0 Å². The van der Waals surface area contributed by atoms with Crippen LogP contribution in [-0.4, -0.2) is 12.0 Å². The van der Waals surface area contributed by atoms with Crippen LogP contribution in [0.4, 0.5) is 5.69 Å². The fourth-order valence-electron chi connectivity index (χ4n) is 2.38. The first kappa shape index (κ1) is 17.2. The Kier molecular flexibility index (Phi) is 5.96. The summed E-state index contributed by atoms with van der Waals surface area (Å²) in [5.41, 5.74) is 1.89. The molecule has 0 fully saturated rings. The molecule has 6 heteroatoms. The molecule has 0 amide bonds. The number of nitrogens with zero attached hydrogens (tertiary/aromatic N) is 1. The van der Waals surface area contributed by atoms with Crippen molar-refractivity contribution in [3.8, 4) is 5.75 Å². The first-order valence-electron chi connectivity index (χ1n) is 7.35. The van der Waals surface area contributed by atoms with Gasteiger partial charge in [-0.05, 0) is 35.7 Å². The zero-order valence-corrected chi connectivity index (χ0v) is 13.8. The van der Waals surface area contributed by atoms with Crippen molar-refractivity contribution in [1.29, 1.82) is 0 Å². The van der Waals surface area contributed by atoms with E-state index in [2.05, 4.69) is 12.2 Å². The summed E-state index contributed by atoms with van der Waals surface area (Å²) < 4.78 is 5.16. The normalized spacial score (nSPS) is 12.0. The van der Waals surface area contributed by atoms with Crippen molar-refractivity contribution in [2.75, 3.05) is 7.11 Å². The van der Waals surface area contributed by atoms with E-state index in [1.807, 2.05) is 24.3 Å². The van der Waals surface area contributed by atoms with E-state index in [0.717, 1.165) is 17.7 Å². The minimum absolute atomic E-state index is 0.0451. The number of nitrogens with one attached hydrogen (secondary N) is 1. The Bertz CT molecular complexity index is 674. The average Bonchev–Trinajstić information content (AvgIpc) is 2.57.